The second-order valence-corrected chi connectivity index (χ2v) is 4.92. The van der Waals surface area contributed by atoms with Crippen molar-refractivity contribution in [3.05, 3.63) is 24.2 Å². The second kappa shape index (κ2) is 3.50. The van der Waals surface area contributed by atoms with E-state index in [1.54, 1.807) is 0 Å². The molecular formula is C12H18BNO2. The molecule has 86 valence electrons. The van der Waals surface area contributed by atoms with Crippen LogP contribution in [0.1, 0.15) is 33.2 Å². The average Bonchev–Trinajstić information content (AvgIpc) is 2.53. The van der Waals surface area contributed by atoms with E-state index in [0.717, 1.165) is 0 Å². The zero-order valence-corrected chi connectivity index (χ0v) is 9.97. The van der Waals surface area contributed by atoms with Crippen molar-refractivity contribution in [2.24, 2.45) is 0 Å². The number of nitrogens with two attached hydrogens (primary N) is 1. The van der Waals surface area contributed by atoms with Gasteiger partial charge in [-0.3, -0.25) is 0 Å². The molecule has 1 saturated heterocycles. The number of anilines is 1. The monoisotopic (exact) mass is 223 g/mol. The van der Waals surface area contributed by atoms with E-state index in [1.165, 1.54) is 0 Å². The van der Waals surface area contributed by atoms with E-state index < -0.39 is 18.3 Å². The van der Waals surface area contributed by atoms with Crippen LogP contribution in [0.25, 0.3) is 0 Å². The first-order valence-electron chi connectivity index (χ1n) is 7.21. The van der Waals surface area contributed by atoms with E-state index in [1.807, 2.05) is 27.7 Å². The summed E-state index contributed by atoms with van der Waals surface area (Å²) in [4.78, 5) is 0. The van der Waals surface area contributed by atoms with Crippen molar-refractivity contribution in [1.29, 1.82) is 0 Å². The fourth-order valence-electron chi connectivity index (χ4n) is 1.41. The highest BCUT2D eigenvalue weighted by molar-refractivity contribution is 6.62. The number of benzene rings is 1. The second-order valence-electron chi connectivity index (χ2n) is 4.92. The van der Waals surface area contributed by atoms with Gasteiger partial charge in [0, 0.05) is 5.69 Å². The Labute approximate surface area is 103 Å². The quantitative estimate of drug-likeness (QED) is 0.580. The van der Waals surface area contributed by atoms with Crippen LogP contribution in [-0.4, -0.2) is 18.3 Å². The fourth-order valence-corrected chi connectivity index (χ4v) is 1.41. The lowest BCUT2D eigenvalue weighted by molar-refractivity contribution is 0.00578. The Morgan fingerprint density at radius 3 is 1.94 bits per heavy atom. The van der Waals surface area contributed by atoms with E-state index in [2.05, 4.69) is 0 Å². The van der Waals surface area contributed by atoms with Crippen molar-refractivity contribution in [2.45, 2.75) is 38.9 Å². The van der Waals surface area contributed by atoms with E-state index in [9.17, 15) is 0 Å². The smallest absolute Gasteiger partial charge is 0.399 e. The summed E-state index contributed by atoms with van der Waals surface area (Å²) in [6.07, 6.45) is 0. The van der Waals surface area contributed by atoms with Crippen LogP contribution in [0.2, 0.25) is 0 Å². The molecule has 0 spiro atoms. The number of rotatable bonds is 1. The maximum Gasteiger partial charge on any atom is 0.494 e. The number of hydrogen-bond acceptors (Lipinski definition) is 3. The van der Waals surface area contributed by atoms with Gasteiger partial charge in [0.2, 0.25) is 0 Å². The normalized spacial score (nSPS) is 25.9. The molecule has 1 aromatic rings. The van der Waals surface area contributed by atoms with Gasteiger partial charge < -0.3 is 15.0 Å². The lowest BCUT2D eigenvalue weighted by Gasteiger charge is -2.32. The third-order valence-electron chi connectivity index (χ3n) is 3.15. The minimum absolute atomic E-state index is 0.0906. The molecule has 1 aromatic carbocycles. The van der Waals surface area contributed by atoms with Crippen LogP contribution in [0.15, 0.2) is 24.2 Å². The van der Waals surface area contributed by atoms with Gasteiger partial charge in [-0.1, -0.05) is 12.1 Å². The van der Waals surface area contributed by atoms with Gasteiger partial charge in [0.15, 0.2) is 0 Å². The Balaban J connectivity index is 2.57. The Kier molecular flexibility index (Phi) is 1.61. The zero-order chi connectivity index (χ0) is 15.5. The number of nitrogen functional groups attached to an aromatic ring is 1. The van der Waals surface area contributed by atoms with Crippen molar-refractivity contribution in [3.63, 3.8) is 0 Å². The van der Waals surface area contributed by atoms with Crippen molar-refractivity contribution < 1.29 is 14.8 Å². The van der Waals surface area contributed by atoms with Crippen molar-refractivity contribution in [1.82, 2.24) is 0 Å². The van der Waals surface area contributed by atoms with Gasteiger partial charge in [0.1, 0.15) is 0 Å². The maximum atomic E-state index is 7.97. The average molecular weight is 223 g/mol. The molecule has 0 saturated carbocycles. The summed E-state index contributed by atoms with van der Waals surface area (Å²) in [7, 11) is -0.936. The summed E-state index contributed by atoms with van der Waals surface area (Å²) in [5, 5.41) is 0. The molecule has 16 heavy (non-hydrogen) atoms. The van der Waals surface area contributed by atoms with Gasteiger partial charge >= 0.3 is 7.12 Å². The molecule has 0 aromatic heterocycles. The fraction of sp³-hybridized carbons (Fsp3) is 0.500. The minimum Gasteiger partial charge on any atom is -0.399 e. The summed E-state index contributed by atoms with van der Waals surface area (Å²) in [6.45, 7) is 7.45. The molecule has 0 radical (unpaired) electrons. The van der Waals surface area contributed by atoms with Gasteiger partial charge in [0.05, 0.1) is 16.7 Å². The summed E-state index contributed by atoms with van der Waals surface area (Å²) < 4.78 is 43.0. The predicted molar refractivity (Wildman–Crippen MR) is 66.6 cm³/mol. The molecule has 2 rings (SSSR count). The summed E-state index contributed by atoms with van der Waals surface area (Å²) in [6, 6.07) is -0.976. The van der Waals surface area contributed by atoms with Crippen LogP contribution >= 0.6 is 0 Å². The lowest BCUT2D eigenvalue weighted by atomic mass is 9.79. The largest absolute Gasteiger partial charge is 0.494 e. The molecule has 0 unspecified atom stereocenters. The molecule has 0 bridgehead atoms. The molecule has 3 nitrogen and oxygen atoms in total. The first kappa shape index (κ1) is 7.35. The Hall–Kier alpha value is -0.995. The van der Waals surface area contributed by atoms with Crippen LogP contribution in [-0.2, 0) is 9.31 Å². The summed E-state index contributed by atoms with van der Waals surface area (Å²) in [5.74, 6) is 0. The van der Waals surface area contributed by atoms with Crippen molar-refractivity contribution in [3.8, 4) is 0 Å². The molecule has 1 aliphatic heterocycles. The topological polar surface area (TPSA) is 44.5 Å². The molecule has 2 N–H and O–H groups in total. The van der Waals surface area contributed by atoms with Crippen LogP contribution in [0.4, 0.5) is 5.69 Å². The molecule has 1 fully saturated rings. The van der Waals surface area contributed by atoms with Crippen LogP contribution < -0.4 is 11.2 Å². The highest BCUT2D eigenvalue weighted by atomic mass is 16.7. The van der Waals surface area contributed by atoms with E-state index in [4.69, 9.17) is 20.5 Å². The van der Waals surface area contributed by atoms with Crippen LogP contribution in [0, 0.1) is 0 Å². The molecular weight excluding hydrogens is 201 g/mol. The minimum atomic E-state index is -0.936. The summed E-state index contributed by atoms with van der Waals surface area (Å²) >= 11 is 0. The van der Waals surface area contributed by atoms with Gasteiger partial charge in [-0.15, -0.1) is 0 Å². The highest BCUT2D eigenvalue weighted by Gasteiger charge is 2.51. The Bertz CT molecular complexity index is 532. The Morgan fingerprint density at radius 1 is 1.06 bits per heavy atom. The number of hydrogen-bond donors (Lipinski definition) is 1. The van der Waals surface area contributed by atoms with Gasteiger partial charge in [0.25, 0.3) is 0 Å². The van der Waals surface area contributed by atoms with Crippen molar-refractivity contribution in [2.75, 3.05) is 5.73 Å². The molecule has 0 amide bonds. The SMILES string of the molecule is [2H]c1c([2H])c(B2OC(C)(C)C(C)(C)O2)c([2H])c([2H])c1N. The van der Waals surface area contributed by atoms with Gasteiger partial charge in [-0.25, -0.2) is 0 Å². The zero-order valence-electron chi connectivity index (χ0n) is 14.0. The molecule has 4 heteroatoms. The highest BCUT2D eigenvalue weighted by Crippen LogP contribution is 2.36. The van der Waals surface area contributed by atoms with Gasteiger partial charge in [-0.2, -0.15) is 0 Å². The molecule has 1 aliphatic rings. The first-order chi connectivity index (χ1) is 8.99. The standard InChI is InChI=1S/C12H18BNO2/c1-11(2)12(3,4)16-13(15-11)9-5-7-10(14)8-6-9/h5-8H,14H2,1-4H3/i5D,6D,7D,8D. The lowest BCUT2D eigenvalue weighted by Crippen LogP contribution is -2.41. The predicted octanol–water partition coefficient (Wildman–Crippen LogP) is 1.57. The van der Waals surface area contributed by atoms with Crippen molar-refractivity contribution >= 4 is 18.3 Å². The van der Waals surface area contributed by atoms with E-state index >= 15 is 0 Å². The van der Waals surface area contributed by atoms with E-state index in [-0.39, 0.29) is 35.3 Å². The first-order valence-corrected chi connectivity index (χ1v) is 5.21. The van der Waals surface area contributed by atoms with Crippen LogP contribution in [0.3, 0.4) is 0 Å². The summed E-state index contributed by atoms with van der Waals surface area (Å²) in [5.41, 5.74) is 4.27. The van der Waals surface area contributed by atoms with Gasteiger partial charge in [-0.05, 0) is 45.2 Å². The molecule has 0 aliphatic carbocycles. The Morgan fingerprint density at radius 2 is 1.50 bits per heavy atom. The maximum absolute atomic E-state index is 7.97. The van der Waals surface area contributed by atoms with Crippen LogP contribution in [0.5, 0.6) is 0 Å². The third-order valence-corrected chi connectivity index (χ3v) is 3.15. The molecule has 1 heterocycles. The molecule has 0 atom stereocenters. The third kappa shape index (κ3) is 1.83. The van der Waals surface area contributed by atoms with E-state index in [0.29, 0.717) is 0 Å².